The van der Waals surface area contributed by atoms with Gasteiger partial charge < -0.3 is 19.9 Å². The van der Waals surface area contributed by atoms with Crippen LogP contribution in [0.15, 0.2) is 12.5 Å². The van der Waals surface area contributed by atoms with Gasteiger partial charge in [0.05, 0.1) is 6.33 Å². The highest BCUT2D eigenvalue weighted by Crippen LogP contribution is 2.21. The number of urea groups is 1. The molecule has 7 heteroatoms. The van der Waals surface area contributed by atoms with E-state index < -0.39 is 5.97 Å². The van der Waals surface area contributed by atoms with Crippen LogP contribution >= 0.6 is 0 Å². The van der Waals surface area contributed by atoms with E-state index in [1.165, 1.54) is 12.5 Å². The molecule has 2 amide bonds. The number of carboxylic acids is 1. The highest BCUT2D eigenvalue weighted by atomic mass is 16.4. The molecule has 1 aromatic rings. The molecule has 2 N–H and O–H groups in total. The van der Waals surface area contributed by atoms with Crippen molar-refractivity contribution in [2.24, 2.45) is 5.92 Å². The SMILES string of the molecule is CC1CCC(C)N(C(=O)NCCn2cnc(C(=O)O)c2)C1. The number of carboxylic acid groups (broad SMARTS) is 1. The number of likely N-dealkylation sites (tertiary alicyclic amines) is 1. The second-order valence-corrected chi connectivity index (χ2v) is 5.72. The Balaban J connectivity index is 1.79. The van der Waals surface area contributed by atoms with E-state index in [1.54, 1.807) is 4.57 Å². The zero-order chi connectivity index (χ0) is 15.4. The fraction of sp³-hybridized carbons (Fsp3) is 0.643. The van der Waals surface area contributed by atoms with Gasteiger partial charge in [0.15, 0.2) is 5.69 Å². The van der Waals surface area contributed by atoms with E-state index in [-0.39, 0.29) is 17.8 Å². The summed E-state index contributed by atoms with van der Waals surface area (Å²) in [6.07, 6.45) is 5.12. The molecule has 0 spiro atoms. The molecule has 1 fully saturated rings. The molecule has 2 unspecified atom stereocenters. The molecule has 2 heterocycles. The third-order valence-corrected chi connectivity index (χ3v) is 3.88. The van der Waals surface area contributed by atoms with Gasteiger partial charge in [-0.15, -0.1) is 0 Å². The van der Waals surface area contributed by atoms with Crippen molar-refractivity contribution in [3.05, 3.63) is 18.2 Å². The Morgan fingerprint density at radius 1 is 1.43 bits per heavy atom. The van der Waals surface area contributed by atoms with Crippen LogP contribution in [0.4, 0.5) is 4.79 Å². The van der Waals surface area contributed by atoms with Crippen LogP contribution in [0.5, 0.6) is 0 Å². The fourth-order valence-electron chi connectivity index (χ4n) is 2.56. The summed E-state index contributed by atoms with van der Waals surface area (Å²) in [5, 5.41) is 11.7. The number of carbonyl (C=O) groups excluding carboxylic acids is 1. The summed E-state index contributed by atoms with van der Waals surface area (Å²) in [4.78, 5) is 28.5. The number of aromatic nitrogens is 2. The molecule has 116 valence electrons. The zero-order valence-corrected chi connectivity index (χ0v) is 12.5. The Morgan fingerprint density at radius 3 is 2.86 bits per heavy atom. The number of hydrogen-bond acceptors (Lipinski definition) is 3. The molecule has 1 aromatic heterocycles. The molecule has 0 saturated carbocycles. The molecule has 0 aliphatic carbocycles. The van der Waals surface area contributed by atoms with Crippen LogP contribution in [0.2, 0.25) is 0 Å². The lowest BCUT2D eigenvalue weighted by atomic mass is 9.95. The van der Waals surface area contributed by atoms with Crippen LogP contribution in [0.1, 0.15) is 37.2 Å². The van der Waals surface area contributed by atoms with Gasteiger partial charge in [-0.25, -0.2) is 14.6 Å². The van der Waals surface area contributed by atoms with E-state index in [4.69, 9.17) is 5.11 Å². The average Bonchev–Trinajstić information content (AvgIpc) is 2.90. The Morgan fingerprint density at radius 2 is 2.19 bits per heavy atom. The van der Waals surface area contributed by atoms with Crippen LogP contribution in [-0.2, 0) is 6.54 Å². The minimum Gasteiger partial charge on any atom is -0.476 e. The van der Waals surface area contributed by atoms with E-state index in [0.29, 0.717) is 19.0 Å². The van der Waals surface area contributed by atoms with E-state index in [2.05, 4.69) is 24.1 Å². The molecule has 0 radical (unpaired) electrons. The number of nitrogens with one attached hydrogen (secondary N) is 1. The van der Waals surface area contributed by atoms with Crippen molar-refractivity contribution in [2.75, 3.05) is 13.1 Å². The molecule has 2 rings (SSSR count). The number of aromatic carboxylic acids is 1. The number of hydrogen-bond donors (Lipinski definition) is 2. The highest BCUT2D eigenvalue weighted by Gasteiger charge is 2.26. The van der Waals surface area contributed by atoms with E-state index in [9.17, 15) is 9.59 Å². The number of piperidine rings is 1. The van der Waals surface area contributed by atoms with Crippen molar-refractivity contribution >= 4 is 12.0 Å². The van der Waals surface area contributed by atoms with E-state index >= 15 is 0 Å². The number of carbonyl (C=O) groups is 2. The van der Waals surface area contributed by atoms with E-state index in [1.807, 2.05) is 4.90 Å². The van der Waals surface area contributed by atoms with Crippen molar-refractivity contribution < 1.29 is 14.7 Å². The van der Waals surface area contributed by atoms with Crippen molar-refractivity contribution in [1.82, 2.24) is 19.8 Å². The van der Waals surface area contributed by atoms with Crippen molar-refractivity contribution in [1.29, 1.82) is 0 Å². The smallest absolute Gasteiger partial charge is 0.356 e. The standard InChI is InChI=1S/C14H22N4O3/c1-10-3-4-11(2)18(7-10)14(21)15-5-6-17-8-12(13(19)20)16-9-17/h8-11H,3-7H2,1-2H3,(H,15,21)(H,19,20). The maximum absolute atomic E-state index is 12.2. The summed E-state index contributed by atoms with van der Waals surface area (Å²) < 4.78 is 1.66. The van der Waals surface area contributed by atoms with Gasteiger partial charge >= 0.3 is 12.0 Å². The predicted molar refractivity (Wildman–Crippen MR) is 77.2 cm³/mol. The summed E-state index contributed by atoms with van der Waals surface area (Å²) in [7, 11) is 0. The third-order valence-electron chi connectivity index (χ3n) is 3.88. The van der Waals surface area contributed by atoms with E-state index in [0.717, 1.165) is 19.4 Å². The normalized spacial score (nSPS) is 22.1. The van der Waals surface area contributed by atoms with Gasteiger partial charge in [0.1, 0.15) is 0 Å². The van der Waals surface area contributed by atoms with Gasteiger partial charge in [0.2, 0.25) is 0 Å². The van der Waals surface area contributed by atoms with Gasteiger partial charge in [-0.2, -0.15) is 0 Å². The lowest BCUT2D eigenvalue weighted by molar-refractivity contribution is 0.0691. The van der Waals surface area contributed by atoms with Crippen LogP contribution in [0, 0.1) is 5.92 Å². The van der Waals surface area contributed by atoms with Gasteiger partial charge in [-0.3, -0.25) is 0 Å². The van der Waals surface area contributed by atoms with Gasteiger partial charge in [-0.1, -0.05) is 6.92 Å². The topological polar surface area (TPSA) is 87.5 Å². The number of nitrogens with zero attached hydrogens (tertiary/aromatic N) is 3. The predicted octanol–water partition coefficient (Wildman–Crippen LogP) is 1.41. The maximum Gasteiger partial charge on any atom is 0.356 e. The zero-order valence-electron chi connectivity index (χ0n) is 12.5. The van der Waals surface area contributed by atoms with Crippen LogP contribution in [0.25, 0.3) is 0 Å². The van der Waals surface area contributed by atoms with Crippen LogP contribution < -0.4 is 5.32 Å². The Kier molecular flexibility index (Phi) is 4.82. The quantitative estimate of drug-likeness (QED) is 0.879. The lowest BCUT2D eigenvalue weighted by Gasteiger charge is -2.36. The monoisotopic (exact) mass is 294 g/mol. The van der Waals surface area contributed by atoms with Crippen molar-refractivity contribution in [3.8, 4) is 0 Å². The van der Waals surface area contributed by atoms with Crippen LogP contribution in [0.3, 0.4) is 0 Å². The number of amides is 2. The molecule has 0 aromatic carbocycles. The Labute approximate surface area is 124 Å². The first-order valence-corrected chi connectivity index (χ1v) is 7.27. The summed E-state index contributed by atoms with van der Waals surface area (Å²) >= 11 is 0. The molecule has 0 bridgehead atoms. The van der Waals surface area contributed by atoms with Crippen molar-refractivity contribution in [3.63, 3.8) is 0 Å². The van der Waals surface area contributed by atoms with Gasteiger partial charge in [0, 0.05) is 31.9 Å². The fourth-order valence-corrected chi connectivity index (χ4v) is 2.56. The first-order chi connectivity index (χ1) is 9.97. The molecule has 2 atom stereocenters. The van der Waals surface area contributed by atoms with Crippen molar-refractivity contribution in [2.45, 2.75) is 39.3 Å². The molecular weight excluding hydrogens is 272 g/mol. The molecule has 1 aliphatic heterocycles. The Hall–Kier alpha value is -2.05. The maximum atomic E-state index is 12.2. The molecular formula is C14H22N4O3. The minimum atomic E-state index is -1.05. The van der Waals surface area contributed by atoms with Crippen LogP contribution in [-0.4, -0.2) is 50.7 Å². The Bertz CT molecular complexity index is 514. The number of imidazole rings is 1. The lowest BCUT2D eigenvalue weighted by Crippen LogP contribution is -2.50. The number of rotatable bonds is 4. The highest BCUT2D eigenvalue weighted by molar-refractivity contribution is 5.84. The molecule has 1 saturated heterocycles. The molecule has 21 heavy (non-hydrogen) atoms. The minimum absolute atomic E-state index is 0.0137. The van der Waals surface area contributed by atoms with Gasteiger partial charge in [-0.05, 0) is 25.7 Å². The second kappa shape index (κ2) is 6.60. The summed E-state index contributed by atoms with van der Waals surface area (Å²) in [6, 6.07) is 0.223. The third kappa shape index (κ3) is 3.96. The second-order valence-electron chi connectivity index (χ2n) is 5.72. The largest absolute Gasteiger partial charge is 0.476 e. The summed E-state index contributed by atoms with van der Waals surface area (Å²) in [5.41, 5.74) is 0.0137. The average molecular weight is 294 g/mol. The van der Waals surface area contributed by atoms with Gasteiger partial charge in [0.25, 0.3) is 0 Å². The molecule has 7 nitrogen and oxygen atoms in total. The first-order valence-electron chi connectivity index (χ1n) is 7.27. The first kappa shape index (κ1) is 15.3. The molecule has 1 aliphatic rings. The summed E-state index contributed by atoms with van der Waals surface area (Å²) in [6.45, 7) is 5.97. The summed E-state index contributed by atoms with van der Waals surface area (Å²) in [5.74, 6) is -0.507.